The van der Waals surface area contributed by atoms with Gasteiger partial charge in [-0.25, -0.2) is 0 Å². The van der Waals surface area contributed by atoms with E-state index in [4.69, 9.17) is 0 Å². The number of hydrogen-bond donors (Lipinski definition) is 0. The third-order valence-electron chi connectivity index (χ3n) is 3.90. The zero-order valence-electron chi connectivity index (χ0n) is 11.7. The van der Waals surface area contributed by atoms with Gasteiger partial charge in [-0.3, -0.25) is 0 Å². The summed E-state index contributed by atoms with van der Waals surface area (Å²) in [4.78, 5) is 2.35. The molecule has 1 aliphatic heterocycles. The first-order valence-corrected chi connectivity index (χ1v) is 6.78. The van der Waals surface area contributed by atoms with E-state index in [-0.39, 0.29) is 0 Å². The number of allylic oxidation sites excluding steroid dienone is 2. The maximum atomic E-state index is 2.37. The third-order valence-corrected chi connectivity index (χ3v) is 3.90. The van der Waals surface area contributed by atoms with E-state index in [2.05, 4.69) is 74.4 Å². The summed E-state index contributed by atoms with van der Waals surface area (Å²) in [5, 5.41) is 0. The minimum absolute atomic E-state index is 0.301. The molecule has 1 nitrogen and oxygen atoms in total. The Hall–Kier alpha value is -1.50. The molecule has 0 amide bonds. The van der Waals surface area contributed by atoms with Crippen molar-refractivity contribution in [2.45, 2.75) is 33.7 Å². The zero-order valence-corrected chi connectivity index (χ0v) is 11.7. The topological polar surface area (TPSA) is 3.24 Å². The summed E-state index contributed by atoms with van der Waals surface area (Å²) < 4.78 is 0. The van der Waals surface area contributed by atoms with Crippen molar-refractivity contribution in [3.8, 4) is 0 Å². The van der Waals surface area contributed by atoms with Gasteiger partial charge in [-0.15, -0.1) is 0 Å². The lowest BCUT2D eigenvalue weighted by molar-refractivity contribution is 0.382. The van der Waals surface area contributed by atoms with Crippen molar-refractivity contribution >= 4 is 0 Å². The van der Waals surface area contributed by atoms with Crippen molar-refractivity contribution in [1.82, 2.24) is 4.90 Å². The lowest BCUT2D eigenvalue weighted by atomic mass is 9.81. The highest BCUT2D eigenvalue weighted by Crippen LogP contribution is 2.32. The largest absolute Gasteiger partial charge is 0.369 e. The highest BCUT2D eigenvalue weighted by molar-refractivity contribution is 5.29. The molecule has 1 aromatic carbocycles. The van der Waals surface area contributed by atoms with Crippen LogP contribution >= 0.6 is 0 Å². The van der Waals surface area contributed by atoms with E-state index in [9.17, 15) is 0 Å². The van der Waals surface area contributed by atoms with Crippen LogP contribution in [0.25, 0.3) is 0 Å². The summed E-state index contributed by atoms with van der Waals surface area (Å²) in [5.41, 5.74) is 3.14. The Morgan fingerprint density at radius 1 is 1.17 bits per heavy atom. The molecule has 2 rings (SSSR count). The summed E-state index contributed by atoms with van der Waals surface area (Å²) >= 11 is 0. The maximum absolute atomic E-state index is 2.37. The van der Waals surface area contributed by atoms with Crippen molar-refractivity contribution in [2.75, 3.05) is 6.54 Å². The first-order valence-electron chi connectivity index (χ1n) is 6.78. The van der Waals surface area contributed by atoms with Gasteiger partial charge in [0.1, 0.15) is 0 Å². The Kier molecular flexibility index (Phi) is 3.90. The fraction of sp³-hybridized carbons (Fsp3) is 0.412. The van der Waals surface area contributed by atoms with Gasteiger partial charge in [0.05, 0.1) is 0 Å². The molecule has 18 heavy (non-hydrogen) atoms. The molecule has 0 aliphatic carbocycles. The van der Waals surface area contributed by atoms with Crippen LogP contribution in [0.1, 0.15) is 32.8 Å². The van der Waals surface area contributed by atoms with E-state index >= 15 is 0 Å². The molecule has 0 N–H and O–H groups in total. The van der Waals surface area contributed by atoms with Crippen LogP contribution in [0.5, 0.6) is 0 Å². The van der Waals surface area contributed by atoms with Crippen LogP contribution in [-0.2, 0) is 6.54 Å². The summed E-state index contributed by atoms with van der Waals surface area (Å²) in [6.07, 6.45) is 8.06. The quantitative estimate of drug-likeness (QED) is 0.756. The predicted molar refractivity (Wildman–Crippen MR) is 78.1 cm³/mol. The van der Waals surface area contributed by atoms with Gasteiger partial charge >= 0.3 is 0 Å². The number of rotatable bonds is 4. The van der Waals surface area contributed by atoms with Gasteiger partial charge in [0.2, 0.25) is 0 Å². The molecule has 1 aromatic rings. The van der Waals surface area contributed by atoms with Crippen LogP contribution in [0.3, 0.4) is 0 Å². The fourth-order valence-electron chi connectivity index (χ4n) is 2.17. The Morgan fingerprint density at radius 2 is 1.89 bits per heavy atom. The Morgan fingerprint density at radius 3 is 2.44 bits per heavy atom. The van der Waals surface area contributed by atoms with E-state index in [1.165, 1.54) is 17.6 Å². The third kappa shape index (κ3) is 3.04. The Bertz CT molecular complexity index is 440. The second kappa shape index (κ2) is 5.43. The van der Waals surface area contributed by atoms with E-state index in [1.807, 2.05) is 0 Å². The maximum Gasteiger partial charge on any atom is 0.0427 e. The van der Waals surface area contributed by atoms with Gasteiger partial charge in [-0.1, -0.05) is 57.2 Å². The molecule has 0 saturated heterocycles. The lowest BCUT2D eigenvalue weighted by Gasteiger charge is -2.30. The molecule has 0 saturated carbocycles. The van der Waals surface area contributed by atoms with E-state index in [1.54, 1.807) is 0 Å². The lowest BCUT2D eigenvalue weighted by Crippen LogP contribution is -2.23. The predicted octanol–water partition coefficient (Wildman–Crippen LogP) is 4.38. The first kappa shape index (κ1) is 12.9. The van der Waals surface area contributed by atoms with Crippen LogP contribution < -0.4 is 0 Å². The number of benzene rings is 1. The highest BCUT2D eigenvalue weighted by atomic mass is 15.1. The molecule has 1 heteroatoms. The van der Waals surface area contributed by atoms with Gasteiger partial charge < -0.3 is 4.90 Å². The van der Waals surface area contributed by atoms with Crippen LogP contribution in [0.15, 0.2) is 54.3 Å². The van der Waals surface area contributed by atoms with E-state index in [0.717, 1.165) is 13.1 Å². The molecular weight excluding hydrogens is 218 g/mol. The average Bonchev–Trinajstić information content (AvgIpc) is 2.40. The highest BCUT2D eigenvalue weighted by Gasteiger charge is 2.20. The van der Waals surface area contributed by atoms with Crippen molar-refractivity contribution in [2.24, 2.45) is 5.41 Å². The second-order valence-corrected chi connectivity index (χ2v) is 5.63. The number of hydrogen-bond acceptors (Lipinski definition) is 1. The van der Waals surface area contributed by atoms with Gasteiger partial charge in [0.25, 0.3) is 0 Å². The van der Waals surface area contributed by atoms with Crippen LogP contribution in [-0.4, -0.2) is 11.4 Å². The van der Waals surface area contributed by atoms with Crippen LogP contribution in [0.4, 0.5) is 0 Å². The molecule has 0 fully saturated rings. The van der Waals surface area contributed by atoms with Crippen molar-refractivity contribution in [1.29, 1.82) is 0 Å². The van der Waals surface area contributed by atoms with Crippen molar-refractivity contribution < 1.29 is 0 Å². The summed E-state index contributed by atoms with van der Waals surface area (Å²) in [6, 6.07) is 10.6. The minimum atomic E-state index is 0.301. The van der Waals surface area contributed by atoms with Crippen LogP contribution in [0, 0.1) is 5.41 Å². The van der Waals surface area contributed by atoms with Crippen molar-refractivity contribution in [3.05, 3.63) is 59.8 Å². The molecule has 0 bridgehead atoms. The molecule has 0 aromatic heterocycles. The van der Waals surface area contributed by atoms with E-state index in [0.29, 0.717) is 5.41 Å². The average molecular weight is 241 g/mol. The summed E-state index contributed by atoms with van der Waals surface area (Å²) in [7, 11) is 0. The minimum Gasteiger partial charge on any atom is -0.369 e. The van der Waals surface area contributed by atoms with Gasteiger partial charge in [-0.2, -0.15) is 0 Å². The number of nitrogens with zero attached hydrogens (tertiary/aromatic N) is 1. The molecule has 0 radical (unpaired) electrons. The van der Waals surface area contributed by atoms with Gasteiger partial charge in [-0.05, 0) is 35.2 Å². The monoisotopic (exact) mass is 241 g/mol. The molecule has 0 atom stereocenters. The zero-order chi connectivity index (χ0) is 13.0. The van der Waals surface area contributed by atoms with E-state index < -0.39 is 0 Å². The SMILES string of the molecule is CCC(C)(C)C1=CCN(Cc2ccccc2)C=C1. The Balaban J connectivity index is 1.97. The normalized spacial score (nSPS) is 15.7. The van der Waals surface area contributed by atoms with Gasteiger partial charge in [0.15, 0.2) is 0 Å². The molecule has 0 spiro atoms. The smallest absolute Gasteiger partial charge is 0.0427 e. The molecule has 1 aliphatic rings. The fourth-order valence-corrected chi connectivity index (χ4v) is 2.17. The van der Waals surface area contributed by atoms with Gasteiger partial charge in [0, 0.05) is 13.1 Å². The molecular formula is C17H23N. The second-order valence-electron chi connectivity index (χ2n) is 5.63. The van der Waals surface area contributed by atoms with Crippen molar-refractivity contribution in [3.63, 3.8) is 0 Å². The van der Waals surface area contributed by atoms with Crippen LogP contribution in [0.2, 0.25) is 0 Å². The standard InChI is InChI=1S/C17H23N/c1-4-17(2,3)16-10-12-18(13-11-16)14-15-8-6-5-7-9-15/h5-12H,4,13-14H2,1-3H3. The first-order chi connectivity index (χ1) is 8.62. The summed E-state index contributed by atoms with van der Waals surface area (Å²) in [5.74, 6) is 0. The molecule has 0 unspecified atom stereocenters. The summed E-state index contributed by atoms with van der Waals surface area (Å²) in [6.45, 7) is 8.90. The molecule has 96 valence electrons. The molecule has 1 heterocycles. The Labute approximate surface area is 111 Å².